The Morgan fingerprint density at radius 2 is 2.47 bits per heavy atom. The van der Waals surface area contributed by atoms with Gasteiger partial charge in [-0.2, -0.15) is 11.8 Å². The maximum Gasteiger partial charge on any atom is 0.0340 e. The Kier molecular flexibility index (Phi) is 4.55. The van der Waals surface area contributed by atoms with Gasteiger partial charge in [0, 0.05) is 40.0 Å². The molecule has 1 aromatic heterocycles. The zero-order chi connectivity index (χ0) is 10.7. The monoisotopic (exact) mass is 305 g/mol. The summed E-state index contributed by atoms with van der Waals surface area (Å²) in [7, 11) is 0. The second kappa shape index (κ2) is 5.71. The van der Waals surface area contributed by atoms with Crippen LogP contribution in [0.3, 0.4) is 0 Å². The molecular formula is C11H16BrNS2. The van der Waals surface area contributed by atoms with E-state index in [1.807, 2.05) is 11.3 Å². The SMILES string of the molecule is CCC1CN(Cc2sccc2Br)CCS1. The highest BCUT2D eigenvalue weighted by molar-refractivity contribution is 9.10. The summed E-state index contributed by atoms with van der Waals surface area (Å²) in [5.74, 6) is 1.29. The summed E-state index contributed by atoms with van der Waals surface area (Å²) in [6, 6.07) is 2.15. The fraction of sp³-hybridized carbons (Fsp3) is 0.636. The summed E-state index contributed by atoms with van der Waals surface area (Å²) in [4.78, 5) is 4.05. The average Bonchev–Trinajstić information content (AvgIpc) is 2.65. The first-order valence-electron chi connectivity index (χ1n) is 5.35. The number of thioether (sulfide) groups is 1. The van der Waals surface area contributed by atoms with Gasteiger partial charge in [0.05, 0.1) is 0 Å². The summed E-state index contributed by atoms with van der Waals surface area (Å²) in [6.45, 7) is 5.91. The van der Waals surface area contributed by atoms with Crippen LogP contribution in [0, 0.1) is 0 Å². The van der Waals surface area contributed by atoms with Gasteiger partial charge >= 0.3 is 0 Å². The molecule has 1 aliphatic heterocycles. The van der Waals surface area contributed by atoms with Gasteiger partial charge < -0.3 is 0 Å². The Morgan fingerprint density at radius 3 is 3.13 bits per heavy atom. The van der Waals surface area contributed by atoms with Gasteiger partial charge in [-0.15, -0.1) is 11.3 Å². The summed E-state index contributed by atoms with van der Waals surface area (Å²) in [5, 5.41) is 3.01. The molecular weight excluding hydrogens is 290 g/mol. The van der Waals surface area contributed by atoms with E-state index in [2.05, 4.69) is 51.0 Å². The maximum absolute atomic E-state index is 3.60. The predicted molar refractivity (Wildman–Crippen MR) is 73.8 cm³/mol. The van der Waals surface area contributed by atoms with Gasteiger partial charge in [0.2, 0.25) is 0 Å². The number of thiophene rings is 1. The highest BCUT2D eigenvalue weighted by atomic mass is 79.9. The molecule has 0 aromatic carbocycles. The molecule has 1 saturated heterocycles. The molecule has 0 aliphatic carbocycles. The third-order valence-electron chi connectivity index (χ3n) is 2.74. The van der Waals surface area contributed by atoms with Gasteiger partial charge in [0.1, 0.15) is 0 Å². The quantitative estimate of drug-likeness (QED) is 0.835. The van der Waals surface area contributed by atoms with Crippen molar-refractivity contribution in [3.63, 3.8) is 0 Å². The molecule has 0 bridgehead atoms. The van der Waals surface area contributed by atoms with Crippen LogP contribution in [0.4, 0.5) is 0 Å². The van der Waals surface area contributed by atoms with Crippen LogP contribution in [-0.2, 0) is 6.54 Å². The first-order chi connectivity index (χ1) is 7.29. The lowest BCUT2D eigenvalue weighted by molar-refractivity contribution is 0.275. The van der Waals surface area contributed by atoms with E-state index in [1.54, 1.807) is 0 Å². The zero-order valence-electron chi connectivity index (χ0n) is 8.91. The third-order valence-corrected chi connectivity index (χ3v) is 6.02. The number of hydrogen-bond acceptors (Lipinski definition) is 3. The van der Waals surface area contributed by atoms with Crippen LogP contribution in [0.25, 0.3) is 0 Å². The van der Waals surface area contributed by atoms with Crippen molar-refractivity contribution in [3.05, 3.63) is 20.8 Å². The molecule has 2 heterocycles. The van der Waals surface area contributed by atoms with Gasteiger partial charge in [0.25, 0.3) is 0 Å². The fourth-order valence-corrected chi connectivity index (χ4v) is 4.58. The third kappa shape index (κ3) is 3.22. The van der Waals surface area contributed by atoms with Crippen molar-refractivity contribution in [2.24, 2.45) is 0 Å². The summed E-state index contributed by atoms with van der Waals surface area (Å²) >= 11 is 7.59. The normalized spacial score (nSPS) is 23.2. The van der Waals surface area contributed by atoms with Crippen LogP contribution in [0.15, 0.2) is 15.9 Å². The Morgan fingerprint density at radius 1 is 1.60 bits per heavy atom. The van der Waals surface area contributed by atoms with Crippen molar-refractivity contribution in [1.29, 1.82) is 0 Å². The molecule has 4 heteroatoms. The van der Waals surface area contributed by atoms with Crippen molar-refractivity contribution >= 4 is 39.0 Å². The Hall–Kier alpha value is 0.490. The van der Waals surface area contributed by atoms with Crippen molar-refractivity contribution in [2.45, 2.75) is 25.1 Å². The largest absolute Gasteiger partial charge is 0.296 e. The van der Waals surface area contributed by atoms with E-state index in [0.29, 0.717) is 0 Å². The van der Waals surface area contributed by atoms with E-state index in [0.717, 1.165) is 11.8 Å². The molecule has 1 nitrogen and oxygen atoms in total. The van der Waals surface area contributed by atoms with Crippen LogP contribution in [0.5, 0.6) is 0 Å². The highest BCUT2D eigenvalue weighted by Crippen LogP contribution is 2.27. The second-order valence-electron chi connectivity index (χ2n) is 3.83. The van der Waals surface area contributed by atoms with Crippen LogP contribution in [-0.4, -0.2) is 29.0 Å². The summed E-state index contributed by atoms with van der Waals surface area (Å²) < 4.78 is 1.28. The maximum atomic E-state index is 3.60. The lowest BCUT2D eigenvalue weighted by Crippen LogP contribution is -2.36. The fourth-order valence-electron chi connectivity index (χ4n) is 1.81. The minimum Gasteiger partial charge on any atom is -0.296 e. The molecule has 84 valence electrons. The number of nitrogens with zero attached hydrogens (tertiary/aromatic N) is 1. The van der Waals surface area contributed by atoms with Gasteiger partial charge in [0.15, 0.2) is 0 Å². The first-order valence-corrected chi connectivity index (χ1v) is 8.07. The van der Waals surface area contributed by atoms with E-state index in [1.165, 1.54) is 34.6 Å². The van der Waals surface area contributed by atoms with Crippen molar-refractivity contribution < 1.29 is 0 Å². The second-order valence-corrected chi connectivity index (χ2v) is 7.09. The highest BCUT2D eigenvalue weighted by Gasteiger charge is 2.19. The topological polar surface area (TPSA) is 3.24 Å². The van der Waals surface area contributed by atoms with E-state index in [-0.39, 0.29) is 0 Å². The van der Waals surface area contributed by atoms with E-state index >= 15 is 0 Å². The summed E-state index contributed by atoms with van der Waals surface area (Å²) in [6.07, 6.45) is 1.30. The average molecular weight is 306 g/mol. The number of hydrogen-bond donors (Lipinski definition) is 0. The molecule has 2 rings (SSSR count). The first kappa shape index (κ1) is 12.0. The number of halogens is 1. The van der Waals surface area contributed by atoms with Gasteiger partial charge in [-0.25, -0.2) is 0 Å². The van der Waals surface area contributed by atoms with Gasteiger partial charge in [-0.05, 0) is 33.8 Å². The predicted octanol–water partition coefficient (Wildman–Crippen LogP) is 3.84. The van der Waals surface area contributed by atoms with Crippen LogP contribution in [0.2, 0.25) is 0 Å². The van der Waals surface area contributed by atoms with Crippen molar-refractivity contribution in [3.8, 4) is 0 Å². The van der Waals surface area contributed by atoms with Gasteiger partial charge in [-0.3, -0.25) is 4.90 Å². The molecule has 1 aliphatic rings. The molecule has 0 amide bonds. The molecule has 0 spiro atoms. The molecule has 1 atom stereocenters. The lowest BCUT2D eigenvalue weighted by atomic mass is 10.3. The molecule has 15 heavy (non-hydrogen) atoms. The molecule has 1 aromatic rings. The minimum atomic E-state index is 0.845. The van der Waals surface area contributed by atoms with Crippen LogP contribution in [0.1, 0.15) is 18.2 Å². The Balaban J connectivity index is 1.92. The molecule has 1 fully saturated rings. The van der Waals surface area contributed by atoms with Crippen LogP contribution >= 0.6 is 39.0 Å². The molecule has 0 N–H and O–H groups in total. The summed E-state index contributed by atoms with van der Waals surface area (Å²) in [5.41, 5.74) is 0. The van der Waals surface area contributed by atoms with Crippen molar-refractivity contribution in [1.82, 2.24) is 4.90 Å². The molecule has 0 saturated carbocycles. The van der Waals surface area contributed by atoms with E-state index < -0.39 is 0 Å². The Bertz CT molecular complexity index is 313. The van der Waals surface area contributed by atoms with E-state index in [9.17, 15) is 0 Å². The molecule has 0 radical (unpaired) electrons. The molecule has 1 unspecified atom stereocenters. The van der Waals surface area contributed by atoms with Crippen molar-refractivity contribution in [2.75, 3.05) is 18.8 Å². The van der Waals surface area contributed by atoms with Crippen LogP contribution < -0.4 is 0 Å². The lowest BCUT2D eigenvalue weighted by Gasteiger charge is -2.31. The van der Waals surface area contributed by atoms with E-state index in [4.69, 9.17) is 0 Å². The number of rotatable bonds is 3. The zero-order valence-corrected chi connectivity index (χ0v) is 12.1. The smallest absolute Gasteiger partial charge is 0.0340 e. The Labute approximate surface area is 108 Å². The van der Waals surface area contributed by atoms with Gasteiger partial charge in [-0.1, -0.05) is 6.92 Å². The minimum absolute atomic E-state index is 0.845. The standard InChI is InChI=1S/C11H16BrNS2/c1-2-9-7-13(4-6-14-9)8-11-10(12)3-5-15-11/h3,5,9H,2,4,6-8H2,1H3.